The number of ether oxygens (including phenoxy) is 4. The molecular formula is C13H16N2O7. The number of rotatable bonds is 2. The van der Waals surface area contributed by atoms with E-state index >= 15 is 0 Å². The predicted molar refractivity (Wildman–Crippen MR) is 71.1 cm³/mol. The maximum absolute atomic E-state index is 11.9. The highest BCUT2D eigenvalue weighted by Gasteiger charge is 2.58. The van der Waals surface area contributed by atoms with Gasteiger partial charge in [-0.05, 0) is 13.8 Å². The molecule has 2 aliphatic heterocycles. The van der Waals surface area contributed by atoms with Gasteiger partial charge in [0.2, 0.25) is 0 Å². The molecule has 0 saturated carbocycles. The van der Waals surface area contributed by atoms with Crippen LogP contribution in [0.5, 0.6) is 0 Å². The quantitative estimate of drug-likeness (QED) is 0.707. The Morgan fingerprint density at radius 1 is 1.32 bits per heavy atom. The summed E-state index contributed by atoms with van der Waals surface area (Å²) >= 11 is 0. The lowest BCUT2D eigenvalue weighted by atomic mass is 10.1. The molecule has 0 aromatic carbocycles. The van der Waals surface area contributed by atoms with Gasteiger partial charge in [0.05, 0.1) is 7.11 Å². The summed E-state index contributed by atoms with van der Waals surface area (Å²) in [5, 5.41) is 0. The van der Waals surface area contributed by atoms with Crippen molar-refractivity contribution >= 4 is 5.97 Å². The Morgan fingerprint density at radius 2 is 2.00 bits per heavy atom. The number of carbonyl (C=O) groups is 1. The Hall–Kier alpha value is -1.97. The summed E-state index contributed by atoms with van der Waals surface area (Å²) in [6, 6.07) is 1.19. The van der Waals surface area contributed by atoms with E-state index in [1.807, 2.05) is 0 Å². The molecule has 9 nitrogen and oxygen atoms in total. The lowest BCUT2D eigenvalue weighted by Crippen LogP contribution is -2.37. The van der Waals surface area contributed by atoms with Crippen molar-refractivity contribution in [3.05, 3.63) is 33.1 Å². The number of carbonyl (C=O) groups excluding carboxylic acids is 1. The third kappa shape index (κ3) is 2.36. The molecular weight excluding hydrogens is 296 g/mol. The first-order valence-corrected chi connectivity index (χ1v) is 6.73. The molecule has 3 heterocycles. The Balaban J connectivity index is 2.00. The number of esters is 1. The van der Waals surface area contributed by atoms with E-state index in [1.54, 1.807) is 13.8 Å². The Labute approximate surface area is 124 Å². The summed E-state index contributed by atoms with van der Waals surface area (Å²) in [6.07, 6.45) is -2.01. The van der Waals surface area contributed by atoms with E-state index in [4.69, 9.17) is 18.9 Å². The molecule has 120 valence electrons. The summed E-state index contributed by atoms with van der Waals surface area (Å²) in [7, 11) is 1.24. The number of aromatic amines is 1. The minimum Gasteiger partial charge on any atom is -0.467 e. The maximum atomic E-state index is 11.9. The SMILES string of the molecule is COC(=O)[C@H]1O[C@@H](n2ccc(=O)[nH]c2=O)[C@@H]2OC(C)(C)O[C@@H]21. The second-order valence-electron chi connectivity index (χ2n) is 5.55. The number of aromatic nitrogens is 2. The molecule has 0 amide bonds. The number of hydrogen-bond donors (Lipinski definition) is 1. The van der Waals surface area contributed by atoms with Crippen molar-refractivity contribution in [3.63, 3.8) is 0 Å². The van der Waals surface area contributed by atoms with Crippen molar-refractivity contribution in [2.45, 2.75) is 44.2 Å². The Kier molecular flexibility index (Phi) is 3.42. The van der Waals surface area contributed by atoms with Crippen LogP contribution in [0, 0.1) is 0 Å². The van der Waals surface area contributed by atoms with Gasteiger partial charge in [-0.25, -0.2) is 9.59 Å². The molecule has 0 radical (unpaired) electrons. The highest BCUT2D eigenvalue weighted by Crippen LogP contribution is 2.42. The number of nitrogens with zero attached hydrogens (tertiary/aromatic N) is 1. The molecule has 2 fully saturated rings. The summed E-state index contributed by atoms with van der Waals surface area (Å²) in [5.74, 6) is -1.54. The lowest BCUT2D eigenvalue weighted by Gasteiger charge is -2.24. The van der Waals surface area contributed by atoms with Gasteiger partial charge < -0.3 is 18.9 Å². The van der Waals surface area contributed by atoms with E-state index in [0.29, 0.717) is 0 Å². The normalized spacial score (nSPS) is 32.7. The summed E-state index contributed by atoms with van der Waals surface area (Å²) in [4.78, 5) is 37.1. The highest BCUT2D eigenvalue weighted by atomic mass is 16.8. The standard InChI is InChI=1S/C13H16N2O7/c1-13(2)21-7-8(22-13)10(20-9(7)11(17)19-3)15-5-4-6(16)14-12(15)18/h4-5,7-10H,1-3H3,(H,14,16,18)/t7-,8+,9-,10+/m0/s1. The predicted octanol–water partition coefficient (Wildman–Crippen LogP) is -0.873. The number of nitrogens with one attached hydrogen (secondary N) is 1. The largest absolute Gasteiger partial charge is 0.467 e. The second-order valence-corrected chi connectivity index (χ2v) is 5.55. The summed E-state index contributed by atoms with van der Waals surface area (Å²) in [5.41, 5.74) is -1.18. The highest BCUT2D eigenvalue weighted by molar-refractivity contribution is 5.76. The van der Waals surface area contributed by atoms with Gasteiger partial charge in [-0.2, -0.15) is 0 Å². The van der Waals surface area contributed by atoms with Crippen LogP contribution in [0.4, 0.5) is 0 Å². The van der Waals surface area contributed by atoms with Crippen LogP contribution in [0.2, 0.25) is 0 Å². The zero-order valence-electron chi connectivity index (χ0n) is 12.3. The monoisotopic (exact) mass is 312 g/mol. The first-order chi connectivity index (χ1) is 10.3. The molecule has 0 spiro atoms. The van der Waals surface area contributed by atoms with Crippen LogP contribution in [0.3, 0.4) is 0 Å². The van der Waals surface area contributed by atoms with Crippen molar-refractivity contribution < 1.29 is 23.7 Å². The zero-order chi connectivity index (χ0) is 16.1. The van der Waals surface area contributed by atoms with Gasteiger partial charge in [-0.15, -0.1) is 0 Å². The maximum Gasteiger partial charge on any atom is 0.337 e. The average molecular weight is 312 g/mol. The van der Waals surface area contributed by atoms with E-state index in [-0.39, 0.29) is 0 Å². The zero-order valence-corrected chi connectivity index (χ0v) is 12.3. The summed E-state index contributed by atoms with van der Waals surface area (Å²) in [6.45, 7) is 3.40. The molecule has 0 unspecified atom stereocenters. The van der Waals surface area contributed by atoms with Crippen molar-refractivity contribution in [1.82, 2.24) is 9.55 Å². The van der Waals surface area contributed by atoms with Crippen LogP contribution in [0.1, 0.15) is 20.1 Å². The summed E-state index contributed by atoms with van der Waals surface area (Å²) < 4.78 is 22.9. The van der Waals surface area contributed by atoms with Crippen LogP contribution in [-0.2, 0) is 23.7 Å². The van der Waals surface area contributed by atoms with Gasteiger partial charge in [0.1, 0.15) is 12.2 Å². The molecule has 1 N–H and O–H groups in total. The van der Waals surface area contributed by atoms with Crippen molar-refractivity contribution in [3.8, 4) is 0 Å². The first-order valence-electron chi connectivity index (χ1n) is 6.73. The number of methoxy groups -OCH3 is 1. The van der Waals surface area contributed by atoms with Gasteiger partial charge >= 0.3 is 11.7 Å². The minimum atomic E-state index is -1.01. The average Bonchev–Trinajstić information content (AvgIpc) is 2.91. The van der Waals surface area contributed by atoms with Gasteiger partial charge in [0.15, 0.2) is 18.1 Å². The second kappa shape index (κ2) is 5.04. The molecule has 2 saturated heterocycles. The van der Waals surface area contributed by atoms with Crippen LogP contribution in [0.15, 0.2) is 21.9 Å². The molecule has 1 aromatic rings. The molecule has 22 heavy (non-hydrogen) atoms. The van der Waals surface area contributed by atoms with Crippen LogP contribution in [0.25, 0.3) is 0 Å². The molecule has 9 heteroatoms. The smallest absolute Gasteiger partial charge is 0.337 e. The van der Waals surface area contributed by atoms with Crippen LogP contribution in [-0.4, -0.2) is 46.7 Å². The number of H-pyrrole nitrogens is 1. The van der Waals surface area contributed by atoms with Crippen molar-refractivity contribution in [1.29, 1.82) is 0 Å². The topological polar surface area (TPSA) is 109 Å². The number of fused-ring (bicyclic) bond motifs is 1. The van der Waals surface area contributed by atoms with Gasteiger partial charge in [0, 0.05) is 12.3 Å². The molecule has 3 rings (SSSR count). The van der Waals surface area contributed by atoms with Crippen molar-refractivity contribution in [2.24, 2.45) is 0 Å². The van der Waals surface area contributed by atoms with Gasteiger partial charge in [-0.3, -0.25) is 14.3 Å². The molecule has 1 aromatic heterocycles. The van der Waals surface area contributed by atoms with E-state index in [1.165, 1.54) is 19.4 Å². The Morgan fingerprint density at radius 3 is 2.64 bits per heavy atom. The molecule has 4 atom stereocenters. The fourth-order valence-corrected chi connectivity index (χ4v) is 2.73. The lowest BCUT2D eigenvalue weighted by molar-refractivity contribution is -0.204. The molecule has 2 aliphatic rings. The minimum absolute atomic E-state index is 0.524. The third-order valence-electron chi connectivity index (χ3n) is 3.59. The van der Waals surface area contributed by atoms with Gasteiger partial charge in [0.25, 0.3) is 5.56 Å². The van der Waals surface area contributed by atoms with E-state index in [0.717, 1.165) is 4.57 Å². The number of hydrogen-bond acceptors (Lipinski definition) is 7. The van der Waals surface area contributed by atoms with Crippen LogP contribution >= 0.6 is 0 Å². The fraction of sp³-hybridized carbons (Fsp3) is 0.615. The van der Waals surface area contributed by atoms with Gasteiger partial charge in [-0.1, -0.05) is 0 Å². The Bertz CT molecular complexity index is 707. The van der Waals surface area contributed by atoms with Crippen LogP contribution < -0.4 is 11.2 Å². The van der Waals surface area contributed by atoms with E-state index in [2.05, 4.69) is 4.98 Å². The first kappa shape index (κ1) is 14.9. The third-order valence-corrected chi connectivity index (χ3v) is 3.59. The molecule has 0 bridgehead atoms. The van der Waals surface area contributed by atoms with Crippen molar-refractivity contribution in [2.75, 3.05) is 7.11 Å². The fourth-order valence-electron chi connectivity index (χ4n) is 2.73. The van der Waals surface area contributed by atoms with E-state index in [9.17, 15) is 14.4 Å². The molecule has 0 aliphatic carbocycles. The van der Waals surface area contributed by atoms with E-state index < -0.39 is 47.5 Å².